The molecule has 20 heavy (non-hydrogen) atoms. The SMILES string of the molecule is CCC(=O)Nc1nc2scc(-c3ccc(F)cc3)n2n1. The van der Waals surface area contributed by atoms with E-state index in [1.165, 1.54) is 23.5 Å². The van der Waals surface area contributed by atoms with Crippen molar-refractivity contribution >= 4 is 28.2 Å². The summed E-state index contributed by atoms with van der Waals surface area (Å²) in [5, 5.41) is 8.77. The minimum absolute atomic E-state index is 0.133. The lowest BCUT2D eigenvalue weighted by Crippen LogP contribution is -2.10. The molecule has 1 N–H and O–H groups in total. The van der Waals surface area contributed by atoms with Crippen molar-refractivity contribution in [2.45, 2.75) is 13.3 Å². The highest BCUT2D eigenvalue weighted by atomic mass is 32.1. The second-order valence-corrected chi connectivity index (χ2v) is 5.00. The minimum Gasteiger partial charge on any atom is -0.293 e. The molecule has 0 aliphatic carbocycles. The number of amides is 1. The number of benzene rings is 1. The van der Waals surface area contributed by atoms with Gasteiger partial charge in [0.1, 0.15) is 5.82 Å². The molecule has 3 rings (SSSR count). The quantitative estimate of drug-likeness (QED) is 0.806. The third-order valence-electron chi connectivity index (χ3n) is 2.79. The van der Waals surface area contributed by atoms with Crippen LogP contribution in [0.1, 0.15) is 13.3 Å². The molecule has 0 aliphatic heterocycles. The van der Waals surface area contributed by atoms with Crippen LogP contribution in [0.3, 0.4) is 0 Å². The molecule has 0 bridgehead atoms. The van der Waals surface area contributed by atoms with E-state index in [2.05, 4.69) is 15.4 Å². The van der Waals surface area contributed by atoms with Gasteiger partial charge in [-0.15, -0.1) is 16.4 Å². The number of aromatic nitrogens is 3. The molecule has 0 saturated heterocycles. The highest BCUT2D eigenvalue weighted by Crippen LogP contribution is 2.25. The van der Waals surface area contributed by atoms with E-state index in [-0.39, 0.29) is 17.7 Å². The van der Waals surface area contributed by atoms with E-state index in [0.717, 1.165) is 11.3 Å². The van der Waals surface area contributed by atoms with Gasteiger partial charge in [-0.25, -0.2) is 8.91 Å². The Morgan fingerprint density at radius 3 is 2.85 bits per heavy atom. The Labute approximate surface area is 118 Å². The van der Waals surface area contributed by atoms with Crippen LogP contribution in [0.2, 0.25) is 0 Å². The monoisotopic (exact) mass is 290 g/mol. The van der Waals surface area contributed by atoms with E-state index < -0.39 is 0 Å². The molecule has 0 fully saturated rings. The van der Waals surface area contributed by atoms with Crippen LogP contribution in [0.5, 0.6) is 0 Å². The highest BCUT2D eigenvalue weighted by molar-refractivity contribution is 7.15. The number of nitrogens with zero attached hydrogens (tertiary/aromatic N) is 3. The van der Waals surface area contributed by atoms with Crippen molar-refractivity contribution in [1.82, 2.24) is 14.6 Å². The maximum Gasteiger partial charge on any atom is 0.250 e. The van der Waals surface area contributed by atoms with Crippen molar-refractivity contribution in [1.29, 1.82) is 0 Å². The number of anilines is 1. The van der Waals surface area contributed by atoms with Gasteiger partial charge in [-0.2, -0.15) is 4.98 Å². The molecule has 0 atom stereocenters. The summed E-state index contributed by atoms with van der Waals surface area (Å²) in [5.41, 5.74) is 1.66. The molecule has 2 aromatic heterocycles. The Kier molecular flexibility index (Phi) is 3.19. The lowest BCUT2D eigenvalue weighted by molar-refractivity contribution is -0.115. The normalized spacial score (nSPS) is 10.9. The number of carbonyl (C=O) groups is 1. The third-order valence-corrected chi connectivity index (χ3v) is 3.61. The largest absolute Gasteiger partial charge is 0.293 e. The Hall–Kier alpha value is -2.28. The second-order valence-electron chi connectivity index (χ2n) is 4.16. The summed E-state index contributed by atoms with van der Waals surface area (Å²) in [6.45, 7) is 1.76. The molecule has 0 aliphatic rings. The number of hydrogen-bond donors (Lipinski definition) is 1. The molecular weight excluding hydrogens is 279 g/mol. The standard InChI is InChI=1S/C13H11FN4OS/c1-2-11(19)15-12-16-13-18(17-12)10(7-20-13)8-3-5-9(14)6-4-8/h3-7H,2H2,1H3,(H,15,17,19). The van der Waals surface area contributed by atoms with Crippen molar-refractivity contribution in [3.63, 3.8) is 0 Å². The van der Waals surface area contributed by atoms with Gasteiger partial charge in [0.05, 0.1) is 5.69 Å². The van der Waals surface area contributed by atoms with Crippen molar-refractivity contribution in [2.24, 2.45) is 0 Å². The summed E-state index contributed by atoms with van der Waals surface area (Å²) in [6, 6.07) is 6.16. The number of nitrogens with one attached hydrogen (secondary N) is 1. The fraction of sp³-hybridized carbons (Fsp3) is 0.154. The second kappa shape index (κ2) is 5.01. The highest BCUT2D eigenvalue weighted by Gasteiger charge is 2.12. The number of fused-ring (bicyclic) bond motifs is 1. The van der Waals surface area contributed by atoms with E-state index in [4.69, 9.17) is 0 Å². The van der Waals surface area contributed by atoms with Crippen molar-refractivity contribution in [2.75, 3.05) is 5.32 Å². The summed E-state index contributed by atoms with van der Waals surface area (Å²) in [5.74, 6) is -0.131. The predicted octanol–water partition coefficient (Wildman–Crippen LogP) is 2.95. The van der Waals surface area contributed by atoms with Gasteiger partial charge in [-0.05, 0) is 24.3 Å². The number of hydrogen-bond acceptors (Lipinski definition) is 4. The molecule has 0 unspecified atom stereocenters. The average molecular weight is 290 g/mol. The van der Waals surface area contributed by atoms with Gasteiger partial charge in [0.15, 0.2) is 0 Å². The van der Waals surface area contributed by atoms with Crippen LogP contribution in [-0.4, -0.2) is 20.5 Å². The third kappa shape index (κ3) is 2.27. The number of rotatable bonds is 3. The summed E-state index contributed by atoms with van der Waals surface area (Å²) < 4.78 is 14.6. The summed E-state index contributed by atoms with van der Waals surface area (Å²) >= 11 is 1.41. The van der Waals surface area contributed by atoms with Crippen LogP contribution < -0.4 is 5.32 Å². The van der Waals surface area contributed by atoms with E-state index in [1.807, 2.05) is 5.38 Å². The van der Waals surface area contributed by atoms with E-state index in [0.29, 0.717) is 11.4 Å². The molecule has 5 nitrogen and oxygen atoms in total. The van der Waals surface area contributed by atoms with Crippen LogP contribution in [0.4, 0.5) is 10.3 Å². The zero-order valence-corrected chi connectivity index (χ0v) is 11.4. The smallest absolute Gasteiger partial charge is 0.250 e. The summed E-state index contributed by atoms with van der Waals surface area (Å²) in [7, 11) is 0. The van der Waals surface area contributed by atoms with Crippen molar-refractivity contribution < 1.29 is 9.18 Å². The molecular formula is C13H11FN4OS. The Balaban J connectivity index is 2.00. The summed E-state index contributed by atoms with van der Waals surface area (Å²) in [4.78, 5) is 16.2. The first-order valence-electron chi connectivity index (χ1n) is 6.07. The predicted molar refractivity (Wildman–Crippen MR) is 75.2 cm³/mol. The van der Waals surface area contributed by atoms with Gasteiger partial charge in [0.25, 0.3) is 0 Å². The van der Waals surface area contributed by atoms with Crippen molar-refractivity contribution in [3.05, 3.63) is 35.5 Å². The maximum absolute atomic E-state index is 12.9. The van der Waals surface area contributed by atoms with Crippen LogP contribution in [-0.2, 0) is 4.79 Å². The van der Waals surface area contributed by atoms with Crippen LogP contribution in [0.15, 0.2) is 29.6 Å². The number of halogens is 1. The first-order valence-corrected chi connectivity index (χ1v) is 6.95. The van der Waals surface area contributed by atoms with Crippen molar-refractivity contribution in [3.8, 4) is 11.3 Å². The number of thiazole rings is 1. The lowest BCUT2D eigenvalue weighted by atomic mass is 10.2. The van der Waals surface area contributed by atoms with Crippen LogP contribution >= 0.6 is 11.3 Å². The molecule has 2 heterocycles. The molecule has 0 spiro atoms. The first kappa shape index (κ1) is 12.7. The molecule has 0 radical (unpaired) electrons. The van der Waals surface area contributed by atoms with Gasteiger partial charge >= 0.3 is 0 Å². The van der Waals surface area contributed by atoms with Gasteiger partial charge in [-0.1, -0.05) is 6.92 Å². The number of carbonyl (C=O) groups excluding carboxylic acids is 1. The average Bonchev–Trinajstić information content (AvgIpc) is 2.99. The molecule has 1 amide bonds. The minimum atomic E-state index is -0.283. The topological polar surface area (TPSA) is 59.3 Å². The summed E-state index contributed by atoms with van der Waals surface area (Å²) in [6.07, 6.45) is 0.373. The van der Waals surface area contributed by atoms with Crippen LogP contribution in [0.25, 0.3) is 16.2 Å². The Bertz CT molecular complexity index is 762. The molecule has 102 valence electrons. The lowest BCUT2D eigenvalue weighted by Gasteiger charge is -1.98. The Morgan fingerprint density at radius 1 is 1.40 bits per heavy atom. The Morgan fingerprint density at radius 2 is 2.15 bits per heavy atom. The molecule has 1 aromatic carbocycles. The zero-order chi connectivity index (χ0) is 14.1. The van der Waals surface area contributed by atoms with Gasteiger partial charge < -0.3 is 0 Å². The molecule has 7 heteroatoms. The van der Waals surface area contributed by atoms with Gasteiger partial charge in [-0.3, -0.25) is 10.1 Å². The molecule has 0 saturated carbocycles. The fourth-order valence-electron chi connectivity index (χ4n) is 1.77. The zero-order valence-electron chi connectivity index (χ0n) is 10.6. The van der Waals surface area contributed by atoms with E-state index in [9.17, 15) is 9.18 Å². The van der Waals surface area contributed by atoms with Crippen LogP contribution in [0, 0.1) is 5.82 Å². The maximum atomic E-state index is 12.9. The van der Waals surface area contributed by atoms with E-state index in [1.54, 1.807) is 23.6 Å². The van der Waals surface area contributed by atoms with Gasteiger partial charge in [0, 0.05) is 17.4 Å². The molecule has 3 aromatic rings. The fourth-order valence-corrected chi connectivity index (χ4v) is 2.60. The van der Waals surface area contributed by atoms with E-state index >= 15 is 0 Å². The first-order chi connectivity index (χ1) is 9.67. The van der Waals surface area contributed by atoms with Gasteiger partial charge in [0.2, 0.25) is 16.8 Å².